The molecule has 1 radical (unpaired) electrons. The van der Waals surface area contributed by atoms with Gasteiger partial charge in [-0.25, -0.2) is 5.32 Å². The third-order valence-electron chi connectivity index (χ3n) is 2.27. The van der Waals surface area contributed by atoms with Crippen molar-refractivity contribution >= 4 is 7.60 Å². The predicted molar refractivity (Wildman–Crippen MR) is 49.6 cm³/mol. The van der Waals surface area contributed by atoms with Gasteiger partial charge in [-0.05, 0) is 6.42 Å². The van der Waals surface area contributed by atoms with Gasteiger partial charge in [0.05, 0.1) is 0 Å². The van der Waals surface area contributed by atoms with Gasteiger partial charge in [-0.15, -0.1) is 0 Å². The maximum atomic E-state index is 11.1. The Morgan fingerprint density at radius 1 is 1.46 bits per heavy atom. The van der Waals surface area contributed by atoms with E-state index in [4.69, 9.17) is 9.79 Å². The second kappa shape index (κ2) is 4.53. The molecule has 2 N–H and O–H groups in total. The normalized spacial score (nSPS) is 23.0. The number of hydrogen-bond acceptors (Lipinski definition) is 2. The Labute approximate surface area is 78.3 Å². The van der Waals surface area contributed by atoms with E-state index in [1.165, 1.54) is 0 Å². The molecular formula is C7H16N2O3P. The standard InChI is InChI=1S/C7H16N2O3P/c1-2-7(13(10,11)12)9-5-3-8-4-6-9/h7H,2-6H2,1H3,(H2,10,11,12). The van der Waals surface area contributed by atoms with Crippen molar-refractivity contribution in [2.45, 2.75) is 19.1 Å². The van der Waals surface area contributed by atoms with Gasteiger partial charge in [0.25, 0.3) is 0 Å². The van der Waals surface area contributed by atoms with Crippen LogP contribution in [0.5, 0.6) is 0 Å². The van der Waals surface area contributed by atoms with Crippen LogP contribution in [0.15, 0.2) is 0 Å². The van der Waals surface area contributed by atoms with Gasteiger partial charge in [0, 0.05) is 26.2 Å². The Bertz CT molecular complexity index is 200. The SMILES string of the molecule is CCC(N1CC[N]CC1)P(=O)(O)O. The molecule has 1 aliphatic rings. The maximum absolute atomic E-state index is 11.1. The highest BCUT2D eigenvalue weighted by Crippen LogP contribution is 2.44. The van der Waals surface area contributed by atoms with E-state index >= 15 is 0 Å². The molecule has 0 aromatic carbocycles. The highest BCUT2D eigenvalue weighted by atomic mass is 31.2. The summed E-state index contributed by atoms with van der Waals surface area (Å²) in [4.78, 5) is 20.0. The Balaban J connectivity index is 2.59. The van der Waals surface area contributed by atoms with Crippen LogP contribution in [0.4, 0.5) is 0 Å². The van der Waals surface area contributed by atoms with Gasteiger partial charge in [-0.1, -0.05) is 6.92 Å². The molecule has 1 fully saturated rings. The van der Waals surface area contributed by atoms with Gasteiger partial charge in [-0.2, -0.15) is 0 Å². The Morgan fingerprint density at radius 3 is 2.38 bits per heavy atom. The second-order valence-electron chi connectivity index (χ2n) is 3.18. The first-order valence-corrected chi connectivity index (χ1v) is 6.16. The van der Waals surface area contributed by atoms with E-state index in [1.807, 2.05) is 4.90 Å². The molecule has 0 bridgehead atoms. The van der Waals surface area contributed by atoms with Crippen molar-refractivity contribution in [3.05, 3.63) is 0 Å². The summed E-state index contributed by atoms with van der Waals surface area (Å²) in [6.07, 6.45) is 0.490. The minimum atomic E-state index is -3.96. The first-order valence-electron chi connectivity index (χ1n) is 4.48. The largest absolute Gasteiger partial charge is 0.342 e. The van der Waals surface area contributed by atoms with Gasteiger partial charge in [-0.3, -0.25) is 9.46 Å². The van der Waals surface area contributed by atoms with Crippen LogP contribution in [0.25, 0.3) is 0 Å². The maximum Gasteiger partial charge on any atom is 0.342 e. The lowest BCUT2D eigenvalue weighted by molar-refractivity contribution is 0.186. The van der Waals surface area contributed by atoms with Gasteiger partial charge in [0.15, 0.2) is 0 Å². The molecule has 5 nitrogen and oxygen atoms in total. The van der Waals surface area contributed by atoms with Gasteiger partial charge in [0.1, 0.15) is 5.78 Å². The van der Waals surface area contributed by atoms with Gasteiger partial charge in [0.2, 0.25) is 0 Å². The van der Waals surface area contributed by atoms with E-state index in [9.17, 15) is 4.57 Å². The van der Waals surface area contributed by atoms with E-state index in [0.29, 0.717) is 32.6 Å². The van der Waals surface area contributed by atoms with Crippen LogP contribution in [-0.4, -0.2) is 46.6 Å². The zero-order chi connectivity index (χ0) is 9.90. The monoisotopic (exact) mass is 207 g/mol. The average Bonchev–Trinajstić information content (AvgIpc) is 2.05. The lowest BCUT2D eigenvalue weighted by atomic mass is 10.3. The van der Waals surface area contributed by atoms with Crippen molar-refractivity contribution in [3.8, 4) is 0 Å². The summed E-state index contributed by atoms with van der Waals surface area (Å²) in [5.41, 5.74) is 0. The van der Waals surface area contributed by atoms with Crippen LogP contribution in [0.1, 0.15) is 13.3 Å². The van der Waals surface area contributed by atoms with Crippen LogP contribution in [0, 0.1) is 0 Å². The summed E-state index contributed by atoms with van der Waals surface area (Å²) in [7, 11) is -3.96. The van der Waals surface area contributed by atoms with E-state index in [-0.39, 0.29) is 0 Å². The molecule has 77 valence electrons. The molecule has 1 saturated heterocycles. The Hall–Kier alpha value is 0.0700. The van der Waals surface area contributed by atoms with Crippen LogP contribution < -0.4 is 5.32 Å². The van der Waals surface area contributed by atoms with Crippen LogP contribution in [0.3, 0.4) is 0 Å². The number of piperazine rings is 1. The first kappa shape index (κ1) is 11.1. The fourth-order valence-corrected chi connectivity index (χ4v) is 2.76. The molecule has 1 atom stereocenters. The van der Waals surface area contributed by atoms with E-state index < -0.39 is 13.4 Å². The summed E-state index contributed by atoms with van der Waals surface area (Å²) >= 11 is 0. The number of nitrogens with zero attached hydrogens (tertiary/aromatic N) is 2. The molecule has 0 aromatic heterocycles. The fraction of sp³-hybridized carbons (Fsp3) is 1.00. The highest BCUT2D eigenvalue weighted by molar-refractivity contribution is 7.52. The van der Waals surface area contributed by atoms with Crippen LogP contribution in [-0.2, 0) is 4.57 Å². The molecular weight excluding hydrogens is 191 g/mol. The zero-order valence-electron chi connectivity index (χ0n) is 7.76. The molecule has 0 amide bonds. The van der Waals surface area contributed by atoms with Crippen molar-refractivity contribution in [2.24, 2.45) is 0 Å². The lowest BCUT2D eigenvalue weighted by Gasteiger charge is -2.33. The molecule has 0 aromatic rings. The van der Waals surface area contributed by atoms with Gasteiger partial charge < -0.3 is 9.79 Å². The van der Waals surface area contributed by atoms with E-state index in [1.54, 1.807) is 6.92 Å². The summed E-state index contributed by atoms with van der Waals surface area (Å²) in [6.45, 7) is 4.52. The number of rotatable bonds is 3. The topological polar surface area (TPSA) is 74.9 Å². The van der Waals surface area contributed by atoms with E-state index in [0.717, 1.165) is 0 Å². The van der Waals surface area contributed by atoms with Crippen molar-refractivity contribution in [1.82, 2.24) is 10.2 Å². The minimum Gasteiger partial charge on any atom is -0.323 e. The lowest BCUT2D eigenvalue weighted by Crippen LogP contribution is -2.45. The van der Waals surface area contributed by atoms with Crippen molar-refractivity contribution < 1.29 is 14.4 Å². The van der Waals surface area contributed by atoms with Crippen molar-refractivity contribution in [1.29, 1.82) is 0 Å². The van der Waals surface area contributed by atoms with Crippen molar-refractivity contribution in [3.63, 3.8) is 0 Å². The molecule has 1 rings (SSSR count). The molecule has 0 spiro atoms. The summed E-state index contributed by atoms with van der Waals surface area (Å²) < 4.78 is 11.1. The molecule has 1 heterocycles. The quantitative estimate of drug-likeness (QED) is 0.629. The van der Waals surface area contributed by atoms with Crippen molar-refractivity contribution in [2.75, 3.05) is 26.2 Å². The summed E-state index contributed by atoms with van der Waals surface area (Å²) in [5, 5.41) is 4.13. The fourth-order valence-electron chi connectivity index (χ4n) is 1.63. The molecule has 1 aliphatic heterocycles. The zero-order valence-corrected chi connectivity index (χ0v) is 8.65. The Kier molecular flexibility index (Phi) is 3.88. The number of hydrogen-bond donors (Lipinski definition) is 2. The Morgan fingerprint density at radius 2 is 2.00 bits per heavy atom. The third kappa shape index (κ3) is 3.04. The predicted octanol–water partition coefficient (Wildman–Crippen LogP) is -0.180. The average molecular weight is 207 g/mol. The van der Waals surface area contributed by atoms with Gasteiger partial charge >= 0.3 is 7.60 Å². The van der Waals surface area contributed by atoms with Crippen LogP contribution >= 0.6 is 7.60 Å². The van der Waals surface area contributed by atoms with Crippen LogP contribution in [0.2, 0.25) is 0 Å². The molecule has 0 aliphatic carbocycles. The van der Waals surface area contributed by atoms with E-state index in [2.05, 4.69) is 5.32 Å². The highest BCUT2D eigenvalue weighted by Gasteiger charge is 2.33. The smallest absolute Gasteiger partial charge is 0.323 e. The molecule has 6 heteroatoms. The summed E-state index contributed by atoms with van der Waals surface area (Å²) in [5.74, 6) is -0.608. The molecule has 1 unspecified atom stereocenters. The second-order valence-corrected chi connectivity index (χ2v) is 4.96. The molecule has 0 saturated carbocycles. The first-order chi connectivity index (χ1) is 6.05. The third-order valence-corrected chi connectivity index (χ3v) is 3.73. The summed E-state index contributed by atoms with van der Waals surface area (Å²) in [6, 6.07) is 0. The molecule has 13 heavy (non-hydrogen) atoms. The minimum absolute atomic E-state index is 0.490.